The van der Waals surface area contributed by atoms with Crippen molar-refractivity contribution in [3.05, 3.63) is 70.7 Å². The summed E-state index contributed by atoms with van der Waals surface area (Å²) in [6.07, 6.45) is 0.337. The van der Waals surface area contributed by atoms with E-state index in [1.807, 2.05) is 37.6 Å². The number of carbonyl (C=O) groups is 3. The van der Waals surface area contributed by atoms with E-state index in [1.165, 1.54) is 16.0 Å². The molecule has 12 nitrogen and oxygen atoms in total. The van der Waals surface area contributed by atoms with Crippen LogP contribution in [-0.2, 0) is 6.54 Å². The van der Waals surface area contributed by atoms with Gasteiger partial charge in [-0.25, -0.2) is 9.78 Å². The molecule has 1 aliphatic rings. The quantitative estimate of drug-likeness (QED) is 0.402. The van der Waals surface area contributed by atoms with Crippen molar-refractivity contribution in [3.8, 4) is 0 Å². The van der Waals surface area contributed by atoms with Crippen LogP contribution >= 0.6 is 0 Å². The fourth-order valence-electron chi connectivity index (χ4n) is 4.77. The lowest BCUT2D eigenvalue weighted by Crippen LogP contribution is -2.39. The smallest absolute Gasteiger partial charge is 0.321 e. The van der Waals surface area contributed by atoms with Crippen molar-refractivity contribution < 1.29 is 19.5 Å². The number of benzene rings is 1. The molecule has 2 atom stereocenters. The van der Waals surface area contributed by atoms with Gasteiger partial charge in [0.2, 0.25) is 0 Å². The molecule has 4 rings (SSSR count). The Morgan fingerprint density at radius 3 is 2.29 bits per heavy atom. The summed E-state index contributed by atoms with van der Waals surface area (Å²) in [4.78, 5) is 46.7. The Hall–Kier alpha value is -4.45. The maximum atomic E-state index is 13.5. The molecule has 4 amide bonds. The second-order valence-corrected chi connectivity index (χ2v) is 10.9. The van der Waals surface area contributed by atoms with E-state index in [1.54, 1.807) is 57.4 Å². The number of nitrogens with zero attached hydrogens (tertiary/aromatic N) is 6. The van der Waals surface area contributed by atoms with Crippen molar-refractivity contribution in [2.24, 2.45) is 0 Å². The highest BCUT2D eigenvalue weighted by atomic mass is 16.3. The third-order valence-electron chi connectivity index (χ3n) is 6.94. The van der Waals surface area contributed by atoms with Crippen LogP contribution in [0.2, 0.25) is 0 Å². The van der Waals surface area contributed by atoms with Gasteiger partial charge < -0.3 is 30.4 Å². The van der Waals surface area contributed by atoms with Gasteiger partial charge in [-0.2, -0.15) is 5.10 Å². The molecule has 2 aromatic heterocycles. The van der Waals surface area contributed by atoms with Crippen LogP contribution in [0.5, 0.6) is 0 Å². The molecule has 3 N–H and O–H groups in total. The van der Waals surface area contributed by atoms with Gasteiger partial charge in [-0.1, -0.05) is 19.1 Å². The highest BCUT2D eigenvalue weighted by Crippen LogP contribution is 2.39. The van der Waals surface area contributed by atoms with Crippen LogP contribution < -0.4 is 15.5 Å². The number of fused-ring (bicyclic) bond motifs is 1. The van der Waals surface area contributed by atoms with Gasteiger partial charge in [0.05, 0.1) is 16.8 Å². The number of hydrogen-bond acceptors (Lipinski definition) is 7. The maximum Gasteiger partial charge on any atom is 0.321 e. The SMILES string of the molecule is CC(C)n1nc(C(=O)NCc2ccc(NC(=O)N(C)C)cc2)c2c1[C@@H](C)CN(c1ccc(C(=O)N(C)C)cn1)[C@H]2O. The summed E-state index contributed by atoms with van der Waals surface area (Å²) in [5.41, 5.74) is 3.35. The lowest BCUT2D eigenvalue weighted by Gasteiger charge is -2.37. The van der Waals surface area contributed by atoms with Crippen molar-refractivity contribution in [3.63, 3.8) is 0 Å². The molecular formula is C29H38N8O4. The van der Waals surface area contributed by atoms with Gasteiger partial charge in [0.15, 0.2) is 11.9 Å². The van der Waals surface area contributed by atoms with Crippen molar-refractivity contribution >= 4 is 29.4 Å². The van der Waals surface area contributed by atoms with E-state index in [9.17, 15) is 19.5 Å². The Labute approximate surface area is 239 Å². The molecule has 0 saturated carbocycles. The number of anilines is 2. The van der Waals surface area contributed by atoms with E-state index in [0.29, 0.717) is 29.2 Å². The molecule has 41 heavy (non-hydrogen) atoms. The molecule has 1 aromatic carbocycles. The van der Waals surface area contributed by atoms with Gasteiger partial charge in [-0.3, -0.25) is 14.3 Å². The second kappa shape index (κ2) is 12.0. The van der Waals surface area contributed by atoms with Crippen molar-refractivity contribution in [2.45, 2.75) is 45.5 Å². The number of pyridine rings is 1. The molecular weight excluding hydrogens is 524 g/mol. The Bertz CT molecular complexity index is 1410. The monoisotopic (exact) mass is 562 g/mol. The molecule has 3 heterocycles. The Morgan fingerprint density at radius 1 is 1.05 bits per heavy atom. The maximum absolute atomic E-state index is 13.5. The van der Waals surface area contributed by atoms with Crippen molar-refractivity contribution in [1.29, 1.82) is 0 Å². The summed E-state index contributed by atoms with van der Waals surface area (Å²) >= 11 is 0. The first-order valence-electron chi connectivity index (χ1n) is 13.5. The van der Waals surface area contributed by atoms with Gasteiger partial charge in [0.25, 0.3) is 11.8 Å². The molecule has 3 aromatic rings. The van der Waals surface area contributed by atoms with E-state index >= 15 is 0 Å². The van der Waals surface area contributed by atoms with Gasteiger partial charge >= 0.3 is 6.03 Å². The number of hydrogen-bond donors (Lipinski definition) is 3. The third kappa shape index (κ3) is 6.17. The number of rotatable bonds is 7. The Balaban J connectivity index is 1.57. The van der Waals surface area contributed by atoms with E-state index in [-0.39, 0.29) is 36.1 Å². The van der Waals surface area contributed by atoms with Gasteiger partial charge in [0, 0.05) is 65.1 Å². The molecule has 0 fully saturated rings. The number of urea groups is 1. The number of carbonyl (C=O) groups excluding carboxylic acids is 3. The second-order valence-electron chi connectivity index (χ2n) is 10.9. The minimum absolute atomic E-state index is 0.0223. The normalized spacial score (nSPS) is 16.3. The first-order valence-corrected chi connectivity index (χ1v) is 13.5. The summed E-state index contributed by atoms with van der Waals surface area (Å²) in [6, 6.07) is 10.3. The lowest BCUT2D eigenvalue weighted by atomic mass is 9.94. The average molecular weight is 563 g/mol. The summed E-state index contributed by atoms with van der Waals surface area (Å²) in [5, 5.41) is 21.9. The molecule has 0 saturated heterocycles. The van der Waals surface area contributed by atoms with E-state index < -0.39 is 12.1 Å². The molecule has 12 heteroatoms. The summed E-state index contributed by atoms with van der Waals surface area (Å²) in [5.74, 6) is -0.127. The largest absolute Gasteiger partial charge is 0.369 e. The third-order valence-corrected chi connectivity index (χ3v) is 6.94. The van der Waals surface area contributed by atoms with Gasteiger partial charge in [-0.05, 0) is 43.7 Å². The van der Waals surface area contributed by atoms with E-state index in [2.05, 4.69) is 20.7 Å². The predicted molar refractivity (Wildman–Crippen MR) is 156 cm³/mol. The molecule has 218 valence electrons. The molecule has 0 unspecified atom stereocenters. The molecule has 0 spiro atoms. The highest BCUT2D eigenvalue weighted by Gasteiger charge is 2.39. The van der Waals surface area contributed by atoms with E-state index in [4.69, 9.17) is 0 Å². The number of aromatic nitrogens is 3. The van der Waals surface area contributed by atoms with Crippen LogP contribution in [0.4, 0.5) is 16.3 Å². The van der Waals surface area contributed by atoms with Crippen LogP contribution in [-0.4, -0.2) is 82.3 Å². The Kier molecular flexibility index (Phi) is 8.62. The van der Waals surface area contributed by atoms with Gasteiger partial charge in [-0.15, -0.1) is 0 Å². The summed E-state index contributed by atoms with van der Waals surface area (Å²) < 4.78 is 1.81. The predicted octanol–water partition coefficient (Wildman–Crippen LogP) is 3.20. The zero-order valence-corrected chi connectivity index (χ0v) is 24.5. The van der Waals surface area contributed by atoms with Crippen LogP contribution in [0.3, 0.4) is 0 Å². The number of aliphatic hydroxyl groups excluding tert-OH is 1. The zero-order valence-electron chi connectivity index (χ0n) is 24.5. The fourth-order valence-corrected chi connectivity index (χ4v) is 4.77. The summed E-state index contributed by atoms with van der Waals surface area (Å²) in [6.45, 7) is 6.69. The molecule has 0 bridgehead atoms. The first-order chi connectivity index (χ1) is 19.4. The number of amides is 4. The van der Waals surface area contributed by atoms with Crippen molar-refractivity contribution in [2.75, 3.05) is 45.0 Å². The molecule has 1 aliphatic heterocycles. The highest BCUT2D eigenvalue weighted by molar-refractivity contribution is 5.95. The zero-order chi connectivity index (χ0) is 30.0. The number of aliphatic hydroxyl groups is 1. The van der Waals surface area contributed by atoms with Crippen LogP contribution in [0.15, 0.2) is 42.6 Å². The van der Waals surface area contributed by atoms with E-state index in [0.717, 1.165) is 11.3 Å². The topological polar surface area (TPSA) is 136 Å². The first kappa shape index (κ1) is 29.5. The average Bonchev–Trinajstić information content (AvgIpc) is 3.36. The summed E-state index contributed by atoms with van der Waals surface area (Å²) in [7, 11) is 6.67. The molecule has 0 radical (unpaired) electrons. The van der Waals surface area contributed by atoms with Crippen LogP contribution in [0, 0.1) is 0 Å². The van der Waals surface area contributed by atoms with Gasteiger partial charge in [0.1, 0.15) is 5.82 Å². The Morgan fingerprint density at radius 2 is 1.73 bits per heavy atom. The minimum Gasteiger partial charge on any atom is -0.369 e. The van der Waals surface area contributed by atoms with Crippen molar-refractivity contribution in [1.82, 2.24) is 29.9 Å². The number of nitrogens with one attached hydrogen (secondary N) is 2. The molecule has 0 aliphatic carbocycles. The van der Waals surface area contributed by atoms with Crippen LogP contribution in [0.25, 0.3) is 0 Å². The standard InChI is InChI=1S/C29H38N8O4/c1-17(2)37-25-18(3)16-36(22-13-10-20(15-30-22)27(39)34(4)5)28(40)23(25)24(33-37)26(38)31-14-19-8-11-21(12-9-19)32-29(41)35(6)7/h8-13,15,17-18,28,40H,14,16H2,1-7H3,(H,31,38)(H,32,41)/t18-,28-/m0/s1. The lowest BCUT2D eigenvalue weighted by molar-refractivity contribution is 0.0826. The minimum atomic E-state index is -1.16. The fraction of sp³-hybridized carbons (Fsp3) is 0.414. The van der Waals surface area contributed by atoms with Crippen LogP contribution in [0.1, 0.15) is 76.6 Å².